The van der Waals surface area contributed by atoms with Gasteiger partial charge in [0.05, 0.1) is 11.8 Å². The van der Waals surface area contributed by atoms with E-state index in [2.05, 4.69) is 10.1 Å². The Labute approximate surface area is 175 Å². The van der Waals surface area contributed by atoms with Crippen LogP contribution in [0.5, 0.6) is 0 Å². The normalized spacial score (nSPS) is 21.8. The van der Waals surface area contributed by atoms with Crippen molar-refractivity contribution >= 4 is 23.3 Å². The van der Waals surface area contributed by atoms with Crippen LogP contribution < -0.4 is 5.73 Å². The number of ether oxygens (including phenoxy) is 2. The van der Waals surface area contributed by atoms with E-state index < -0.39 is 5.97 Å². The number of hydrogen-bond acceptors (Lipinski definition) is 7. The number of esters is 1. The molecule has 2 aromatic rings. The number of aliphatic carboxylic acids is 1. The molecule has 0 amide bonds. The van der Waals surface area contributed by atoms with Crippen LogP contribution >= 0.6 is 0 Å². The van der Waals surface area contributed by atoms with Gasteiger partial charge in [-0.2, -0.15) is 5.10 Å². The van der Waals surface area contributed by atoms with Gasteiger partial charge in [-0.1, -0.05) is 19.3 Å². The molecule has 2 atom stereocenters. The molecule has 1 saturated carbocycles. The first-order chi connectivity index (χ1) is 14.4. The van der Waals surface area contributed by atoms with Crippen LogP contribution in [0.15, 0.2) is 18.5 Å². The van der Waals surface area contributed by atoms with Gasteiger partial charge < -0.3 is 20.3 Å². The number of rotatable bonds is 5. The van der Waals surface area contributed by atoms with Gasteiger partial charge in [-0.05, 0) is 43.7 Å². The molecule has 9 heteroatoms. The second kappa shape index (κ2) is 10.4. The van der Waals surface area contributed by atoms with Gasteiger partial charge in [0.25, 0.3) is 0 Å². The maximum absolute atomic E-state index is 10.8. The summed E-state index contributed by atoms with van der Waals surface area (Å²) in [5.41, 5.74) is 7.52. The van der Waals surface area contributed by atoms with E-state index in [1.54, 1.807) is 4.52 Å². The smallest absolute Gasteiger partial charge is 0.303 e. The molecule has 1 aliphatic heterocycles. The Bertz CT molecular complexity index is 862. The highest BCUT2D eigenvalue weighted by molar-refractivity contribution is 5.67. The number of hydrogen-bond donors (Lipinski definition) is 2. The molecule has 4 rings (SSSR count). The minimum Gasteiger partial charge on any atom is -0.481 e. The third-order valence-corrected chi connectivity index (χ3v) is 5.61. The van der Waals surface area contributed by atoms with Gasteiger partial charge in [-0.3, -0.25) is 9.59 Å². The first kappa shape index (κ1) is 22.0. The van der Waals surface area contributed by atoms with Crippen molar-refractivity contribution in [3.05, 3.63) is 24.2 Å². The largest absolute Gasteiger partial charge is 0.481 e. The Kier molecular flexibility index (Phi) is 7.62. The Hall–Kier alpha value is -2.68. The summed E-state index contributed by atoms with van der Waals surface area (Å²) < 4.78 is 12.6. The number of aromatic nitrogens is 3. The summed E-state index contributed by atoms with van der Waals surface area (Å²) in [6.45, 7) is 1.69. The zero-order valence-electron chi connectivity index (χ0n) is 17.3. The molecule has 0 radical (unpaired) electrons. The van der Waals surface area contributed by atoms with Crippen molar-refractivity contribution in [3.63, 3.8) is 0 Å². The van der Waals surface area contributed by atoms with Crippen molar-refractivity contribution in [2.24, 2.45) is 5.92 Å². The predicted molar refractivity (Wildman–Crippen MR) is 110 cm³/mol. The summed E-state index contributed by atoms with van der Waals surface area (Å²) >= 11 is 0. The molecule has 1 saturated heterocycles. The summed E-state index contributed by atoms with van der Waals surface area (Å²) in [5.74, 6) is 0.00422. The maximum Gasteiger partial charge on any atom is 0.303 e. The van der Waals surface area contributed by atoms with E-state index >= 15 is 0 Å². The van der Waals surface area contributed by atoms with Crippen molar-refractivity contribution in [2.45, 2.75) is 70.5 Å². The van der Waals surface area contributed by atoms with Crippen molar-refractivity contribution in [3.8, 4) is 0 Å². The van der Waals surface area contributed by atoms with Crippen molar-refractivity contribution in [1.82, 2.24) is 14.6 Å². The van der Waals surface area contributed by atoms with Gasteiger partial charge in [0.15, 0.2) is 5.82 Å². The molecule has 0 aromatic carbocycles. The number of carbonyl (C=O) groups excluding carboxylic acids is 1. The second-order valence-corrected chi connectivity index (χ2v) is 7.93. The van der Waals surface area contributed by atoms with E-state index in [4.69, 9.17) is 20.3 Å². The standard InChI is InChI=1S/C13H16N4O3.C8H14O2/c1-8(18)19-6-9-2-5-12(20-9)10-3-4-11-13(14)15-7-16-17(10)11;9-8(10)6-7-4-2-1-3-5-7/h3-4,7,9,12H,2,5-6H2,1H3,(H2,14,15,16);7H,1-6H2,(H,9,10). The van der Waals surface area contributed by atoms with Gasteiger partial charge in [0.1, 0.15) is 24.6 Å². The Balaban J connectivity index is 0.000000216. The molecule has 0 bridgehead atoms. The number of nitrogens with two attached hydrogens (primary N) is 1. The molecule has 2 aliphatic rings. The molecular formula is C21H30N4O5. The number of carbonyl (C=O) groups is 2. The Morgan fingerprint density at radius 2 is 2.00 bits per heavy atom. The molecule has 9 nitrogen and oxygen atoms in total. The zero-order chi connectivity index (χ0) is 21.5. The Morgan fingerprint density at radius 1 is 1.23 bits per heavy atom. The van der Waals surface area contributed by atoms with Crippen LogP contribution in [0.3, 0.4) is 0 Å². The molecule has 3 N–H and O–H groups in total. The average Bonchev–Trinajstić information content (AvgIpc) is 3.34. The molecule has 3 heterocycles. The zero-order valence-corrected chi connectivity index (χ0v) is 17.3. The summed E-state index contributed by atoms with van der Waals surface area (Å²) in [5, 5.41) is 12.7. The number of nitrogen functional groups attached to an aromatic ring is 1. The van der Waals surface area contributed by atoms with Gasteiger partial charge in [-0.25, -0.2) is 9.50 Å². The number of fused-ring (bicyclic) bond motifs is 1. The van der Waals surface area contributed by atoms with Crippen LogP contribution in [0.1, 0.15) is 70.1 Å². The molecular weight excluding hydrogens is 388 g/mol. The Morgan fingerprint density at radius 3 is 2.70 bits per heavy atom. The van der Waals surface area contributed by atoms with Crippen molar-refractivity contribution < 1.29 is 24.2 Å². The molecule has 2 unspecified atom stereocenters. The van der Waals surface area contributed by atoms with E-state index in [1.807, 2.05) is 12.1 Å². The quantitative estimate of drug-likeness (QED) is 0.709. The molecule has 164 valence electrons. The highest BCUT2D eigenvalue weighted by Gasteiger charge is 2.29. The summed E-state index contributed by atoms with van der Waals surface area (Å²) in [6.07, 6.45) is 9.44. The third-order valence-electron chi connectivity index (χ3n) is 5.61. The monoisotopic (exact) mass is 418 g/mol. The first-order valence-corrected chi connectivity index (χ1v) is 10.5. The van der Waals surface area contributed by atoms with E-state index in [-0.39, 0.29) is 18.2 Å². The van der Waals surface area contributed by atoms with Gasteiger partial charge in [0.2, 0.25) is 0 Å². The highest BCUT2D eigenvalue weighted by Crippen LogP contribution is 2.33. The molecule has 0 spiro atoms. The summed E-state index contributed by atoms with van der Waals surface area (Å²) in [7, 11) is 0. The van der Waals surface area contributed by atoms with E-state index in [0.29, 0.717) is 24.8 Å². The van der Waals surface area contributed by atoms with Crippen molar-refractivity contribution in [1.29, 1.82) is 0 Å². The lowest BCUT2D eigenvalue weighted by atomic mass is 9.87. The minimum atomic E-state index is -0.632. The van der Waals surface area contributed by atoms with E-state index in [9.17, 15) is 9.59 Å². The fourth-order valence-electron chi connectivity index (χ4n) is 4.11. The summed E-state index contributed by atoms with van der Waals surface area (Å²) in [4.78, 5) is 25.0. The van der Waals surface area contributed by atoms with Crippen LogP contribution in [-0.4, -0.2) is 44.4 Å². The van der Waals surface area contributed by atoms with E-state index in [0.717, 1.165) is 36.9 Å². The lowest BCUT2D eigenvalue weighted by molar-refractivity contribution is -0.145. The fourth-order valence-corrected chi connectivity index (χ4v) is 4.11. The van der Waals surface area contributed by atoms with Gasteiger partial charge >= 0.3 is 11.9 Å². The maximum atomic E-state index is 10.8. The first-order valence-electron chi connectivity index (χ1n) is 10.5. The second-order valence-electron chi connectivity index (χ2n) is 7.93. The summed E-state index contributed by atoms with van der Waals surface area (Å²) in [6, 6.07) is 3.83. The van der Waals surface area contributed by atoms with Crippen molar-refractivity contribution in [2.75, 3.05) is 12.3 Å². The van der Waals surface area contributed by atoms with Crippen LogP contribution in [0.2, 0.25) is 0 Å². The molecule has 2 aromatic heterocycles. The highest BCUT2D eigenvalue weighted by atomic mass is 16.6. The van der Waals surface area contributed by atoms with Gasteiger partial charge in [0, 0.05) is 13.3 Å². The minimum absolute atomic E-state index is 0.0614. The van der Waals surface area contributed by atoms with Crippen LogP contribution in [0.4, 0.5) is 5.82 Å². The SMILES string of the molecule is CC(=O)OCC1CCC(c2ccc3c(N)ncnn23)O1.O=C(O)CC1CCCCC1. The van der Waals surface area contributed by atoms with Gasteiger partial charge in [-0.15, -0.1) is 0 Å². The lowest BCUT2D eigenvalue weighted by Gasteiger charge is -2.18. The lowest BCUT2D eigenvalue weighted by Crippen LogP contribution is -2.17. The average molecular weight is 418 g/mol. The molecule has 2 fully saturated rings. The van der Waals surface area contributed by atoms with Crippen LogP contribution in [0, 0.1) is 5.92 Å². The van der Waals surface area contributed by atoms with Crippen LogP contribution in [0.25, 0.3) is 5.52 Å². The third kappa shape index (κ3) is 5.91. The topological polar surface area (TPSA) is 129 Å². The predicted octanol–water partition coefficient (Wildman–Crippen LogP) is 3.14. The molecule has 1 aliphatic carbocycles. The number of anilines is 1. The number of carboxylic acids is 1. The number of nitrogens with zero attached hydrogens (tertiary/aromatic N) is 3. The fraction of sp³-hybridized carbons (Fsp3) is 0.619. The van der Waals surface area contributed by atoms with E-state index in [1.165, 1.54) is 32.5 Å². The van der Waals surface area contributed by atoms with Crippen LogP contribution in [-0.2, 0) is 19.1 Å². The number of carboxylic acid groups (broad SMARTS) is 1. The molecule has 30 heavy (non-hydrogen) atoms.